The van der Waals surface area contributed by atoms with Crippen molar-refractivity contribution in [3.8, 4) is 0 Å². The van der Waals surface area contributed by atoms with Crippen molar-refractivity contribution in [2.45, 2.75) is 12.2 Å². The number of benzene rings is 1. The second-order valence-corrected chi connectivity index (χ2v) is 3.55. The first-order chi connectivity index (χ1) is 8.32. The van der Waals surface area contributed by atoms with E-state index in [4.69, 9.17) is 0 Å². The first-order valence-corrected chi connectivity index (χ1v) is 4.85. The van der Waals surface area contributed by atoms with Crippen molar-refractivity contribution in [2.75, 3.05) is 13.6 Å². The van der Waals surface area contributed by atoms with Gasteiger partial charge in [0, 0.05) is 6.54 Å². The minimum Gasteiger partial charge on any atom is -0.389 e. The Kier molecular flexibility index (Phi) is 4.60. The van der Waals surface area contributed by atoms with E-state index in [9.17, 15) is 32.2 Å². The van der Waals surface area contributed by atoms with Gasteiger partial charge in [0.15, 0.2) is 23.3 Å². The van der Waals surface area contributed by atoms with E-state index < -0.39 is 46.9 Å². The summed E-state index contributed by atoms with van der Waals surface area (Å²) in [5.41, 5.74) is -1.45. The maximum atomic E-state index is 13.2. The highest BCUT2D eigenvalue weighted by Crippen LogP contribution is 2.29. The SMILES string of the molecule is CNCC(O)C(O)c1c(F)c(F)c(F)c(F)c1F. The fourth-order valence-electron chi connectivity index (χ4n) is 1.39. The molecule has 0 saturated carbocycles. The molecule has 0 bridgehead atoms. The number of hydrogen-bond donors (Lipinski definition) is 3. The minimum absolute atomic E-state index is 0.291. The lowest BCUT2D eigenvalue weighted by molar-refractivity contribution is 0.0148. The van der Waals surface area contributed by atoms with Gasteiger partial charge in [0.25, 0.3) is 0 Å². The molecule has 1 rings (SSSR count). The molecule has 0 fully saturated rings. The van der Waals surface area contributed by atoms with Crippen LogP contribution >= 0.6 is 0 Å². The zero-order chi connectivity index (χ0) is 14.0. The molecule has 3 nitrogen and oxygen atoms in total. The molecule has 0 radical (unpaired) electrons. The third-order valence-corrected chi connectivity index (χ3v) is 2.32. The van der Waals surface area contributed by atoms with Gasteiger partial charge in [0.05, 0.1) is 11.7 Å². The Morgan fingerprint density at radius 2 is 1.28 bits per heavy atom. The lowest BCUT2D eigenvalue weighted by Gasteiger charge is -2.19. The summed E-state index contributed by atoms with van der Waals surface area (Å²) in [4.78, 5) is 0. The number of halogens is 5. The maximum Gasteiger partial charge on any atom is 0.200 e. The van der Waals surface area contributed by atoms with E-state index in [1.807, 2.05) is 0 Å². The first-order valence-electron chi connectivity index (χ1n) is 4.85. The zero-order valence-electron chi connectivity index (χ0n) is 9.15. The lowest BCUT2D eigenvalue weighted by atomic mass is 10.0. The molecule has 18 heavy (non-hydrogen) atoms. The molecule has 0 aromatic heterocycles. The average molecular weight is 271 g/mol. The van der Waals surface area contributed by atoms with Gasteiger partial charge in [-0.2, -0.15) is 0 Å². The van der Waals surface area contributed by atoms with E-state index in [1.54, 1.807) is 0 Å². The van der Waals surface area contributed by atoms with Crippen molar-refractivity contribution >= 4 is 0 Å². The Bertz CT molecular complexity index is 425. The van der Waals surface area contributed by atoms with Gasteiger partial charge in [0.1, 0.15) is 6.10 Å². The van der Waals surface area contributed by atoms with Gasteiger partial charge in [0.2, 0.25) is 5.82 Å². The van der Waals surface area contributed by atoms with E-state index in [1.165, 1.54) is 7.05 Å². The van der Waals surface area contributed by atoms with Crippen LogP contribution in [0.15, 0.2) is 0 Å². The van der Waals surface area contributed by atoms with Crippen LogP contribution in [0.5, 0.6) is 0 Å². The highest BCUT2D eigenvalue weighted by molar-refractivity contribution is 5.26. The van der Waals surface area contributed by atoms with E-state index in [2.05, 4.69) is 5.32 Å². The third kappa shape index (κ3) is 2.45. The number of likely N-dealkylation sites (N-methyl/N-ethyl adjacent to an activating group) is 1. The largest absolute Gasteiger partial charge is 0.389 e. The molecular weight excluding hydrogens is 261 g/mol. The molecule has 1 aromatic carbocycles. The van der Waals surface area contributed by atoms with Gasteiger partial charge in [-0.3, -0.25) is 0 Å². The Labute approximate surface area is 98.9 Å². The molecule has 0 saturated heterocycles. The highest BCUT2D eigenvalue weighted by atomic mass is 19.2. The van der Waals surface area contributed by atoms with Crippen LogP contribution in [0.25, 0.3) is 0 Å². The topological polar surface area (TPSA) is 52.5 Å². The van der Waals surface area contributed by atoms with Crippen LogP contribution in [0, 0.1) is 29.1 Å². The van der Waals surface area contributed by atoms with Crippen LogP contribution in [0.3, 0.4) is 0 Å². The molecular formula is C10H10F5NO2. The smallest absolute Gasteiger partial charge is 0.200 e. The van der Waals surface area contributed by atoms with Crippen LogP contribution in [0.2, 0.25) is 0 Å². The summed E-state index contributed by atoms with van der Waals surface area (Å²) in [6, 6.07) is 0. The summed E-state index contributed by atoms with van der Waals surface area (Å²) in [5.74, 6) is -11.0. The summed E-state index contributed by atoms with van der Waals surface area (Å²) < 4.78 is 64.9. The van der Waals surface area contributed by atoms with Crippen molar-refractivity contribution in [3.63, 3.8) is 0 Å². The molecule has 0 aliphatic carbocycles. The van der Waals surface area contributed by atoms with Crippen molar-refractivity contribution in [2.24, 2.45) is 0 Å². The number of hydrogen-bond acceptors (Lipinski definition) is 3. The van der Waals surface area contributed by atoms with Crippen molar-refractivity contribution < 1.29 is 32.2 Å². The van der Waals surface area contributed by atoms with Gasteiger partial charge in [-0.1, -0.05) is 0 Å². The summed E-state index contributed by atoms with van der Waals surface area (Å²) in [5, 5.41) is 21.1. The molecule has 0 aliphatic rings. The van der Waals surface area contributed by atoms with Gasteiger partial charge in [-0.15, -0.1) is 0 Å². The van der Waals surface area contributed by atoms with E-state index in [0.717, 1.165) is 0 Å². The molecule has 3 N–H and O–H groups in total. The predicted octanol–water partition coefficient (Wildman–Crippen LogP) is 0.996. The normalized spacial score (nSPS) is 14.7. The Morgan fingerprint density at radius 3 is 1.67 bits per heavy atom. The van der Waals surface area contributed by atoms with Gasteiger partial charge in [-0.25, -0.2) is 22.0 Å². The molecule has 2 unspecified atom stereocenters. The standard InChI is InChI=1S/C10H10F5NO2/c1-16-2-3(17)10(18)4-5(11)7(13)9(15)8(14)6(4)12/h3,10,16-18H,2H2,1H3. The number of aliphatic hydroxyl groups is 2. The molecule has 0 amide bonds. The van der Waals surface area contributed by atoms with Crippen LogP contribution in [0.1, 0.15) is 11.7 Å². The van der Waals surface area contributed by atoms with Gasteiger partial charge >= 0.3 is 0 Å². The Balaban J connectivity index is 3.32. The molecule has 0 aliphatic heterocycles. The van der Waals surface area contributed by atoms with E-state index >= 15 is 0 Å². The van der Waals surface area contributed by atoms with Crippen LogP contribution in [0.4, 0.5) is 22.0 Å². The minimum atomic E-state index is -2.32. The van der Waals surface area contributed by atoms with E-state index in [-0.39, 0.29) is 6.54 Å². The summed E-state index contributed by atoms with van der Waals surface area (Å²) in [6.07, 6.45) is -3.95. The predicted molar refractivity (Wildman–Crippen MR) is 51.1 cm³/mol. The quantitative estimate of drug-likeness (QED) is 0.435. The summed E-state index contributed by atoms with van der Waals surface area (Å²) in [7, 11) is 1.37. The fourth-order valence-corrected chi connectivity index (χ4v) is 1.39. The van der Waals surface area contributed by atoms with Gasteiger partial charge < -0.3 is 15.5 Å². The second-order valence-electron chi connectivity index (χ2n) is 3.55. The number of rotatable bonds is 4. The maximum absolute atomic E-state index is 13.2. The molecule has 2 atom stereocenters. The Hall–Kier alpha value is -1.25. The molecule has 8 heteroatoms. The second kappa shape index (κ2) is 5.59. The van der Waals surface area contributed by atoms with Crippen LogP contribution in [-0.4, -0.2) is 29.9 Å². The van der Waals surface area contributed by atoms with Crippen molar-refractivity contribution in [1.82, 2.24) is 5.32 Å². The van der Waals surface area contributed by atoms with E-state index in [0.29, 0.717) is 0 Å². The molecule has 102 valence electrons. The molecule has 1 aromatic rings. The molecule has 0 heterocycles. The average Bonchev–Trinajstić information content (AvgIpc) is 2.34. The van der Waals surface area contributed by atoms with Crippen molar-refractivity contribution in [3.05, 3.63) is 34.6 Å². The van der Waals surface area contributed by atoms with Gasteiger partial charge in [-0.05, 0) is 7.05 Å². The number of nitrogens with one attached hydrogen (secondary N) is 1. The molecule has 0 spiro atoms. The summed E-state index contributed by atoms with van der Waals surface area (Å²) in [6.45, 7) is -0.291. The summed E-state index contributed by atoms with van der Waals surface area (Å²) >= 11 is 0. The van der Waals surface area contributed by atoms with Crippen LogP contribution in [-0.2, 0) is 0 Å². The fraction of sp³-hybridized carbons (Fsp3) is 0.400. The third-order valence-electron chi connectivity index (χ3n) is 2.32. The number of aliphatic hydroxyl groups excluding tert-OH is 2. The highest BCUT2D eigenvalue weighted by Gasteiger charge is 2.32. The Morgan fingerprint density at radius 1 is 0.889 bits per heavy atom. The first kappa shape index (κ1) is 14.8. The zero-order valence-corrected chi connectivity index (χ0v) is 9.15. The van der Waals surface area contributed by atoms with Crippen LogP contribution < -0.4 is 5.32 Å². The lowest BCUT2D eigenvalue weighted by Crippen LogP contribution is -2.31. The van der Waals surface area contributed by atoms with Crippen molar-refractivity contribution in [1.29, 1.82) is 0 Å². The monoisotopic (exact) mass is 271 g/mol.